The molecule has 2 N–H and O–H groups in total. The number of nitrogens with zero attached hydrogens (tertiary/aromatic N) is 1. The van der Waals surface area contributed by atoms with Gasteiger partial charge in [0.25, 0.3) is 5.91 Å². The number of carbonyl (C=O) groups excluding carboxylic acids is 3. The molecule has 0 fully saturated rings. The van der Waals surface area contributed by atoms with E-state index >= 15 is 0 Å². The lowest BCUT2D eigenvalue weighted by Gasteiger charge is -2.35. The minimum Gasteiger partial charge on any atom is -0.497 e. The first-order chi connectivity index (χ1) is 20.9. The number of rotatable bonds is 17. The average Bonchev–Trinajstić information content (AvgIpc) is 2.96. The Kier molecular flexibility index (Phi) is 15.6. The minimum atomic E-state index is -0.905. The van der Waals surface area contributed by atoms with Crippen LogP contribution < -0.4 is 15.4 Å². The van der Waals surface area contributed by atoms with E-state index in [-0.39, 0.29) is 11.8 Å². The number of alkyl carbamates (subject to hydrolysis) is 1. The van der Waals surface area contributed by atoms with Gasteiger partial charge in [0.15, 0.2) is 0 Å². The molecule has 2 atom stereocenters. The Bertz CT molecular complexity index is 1200. The summed E-state index contributed by atoms with van der Waals surface area (Å²) in [5, 5.41) is 5.86. The maximum atomic E-state index is 14.5. The number of hydrogen-bond donors (Lipinski definition) is 2. The summed E-state index contributed by atoms with van der Waals surface area (Å²) in [4.78, 5) is 43.3. The number of hydrogen-bond acceptors (Lipinski definition) is 6. The van der Waals surface area contributed by atoms with E-state index in [0.717, 1.165) is 48.8 Å². The lowest BCUT2D eigenvalue weighted by atomic mass is 9.95. The molecule has 0 aliphatic rings. The number of methoxy groups -OCH3 is 1. The molecular formula is C35H53N3O5S. The van der Waals surface area contributed by atoms with Crippen molar-refractivity contribution < 1.29 is 23.9 Å². The molecule has 0 heterocycles. The Morgan fingerprint density at radius 2 is 1.61 bits per heavy atom. The Labute approximate surface area is 269 Å². The predicted octanol–water partition coefficient (Wildman–Crippen LogP) is 7.83. The maximum Gasteiger partial charge on any atom is 0.408 e. The third-order valence-corrected chi connectivity index (χ3v) is 7.92. The third kappa shape index (κ3) is 12.4. The second kappa shape index (κ2) is 18.6. The molecule has 244 valence electrons. The van der Waals surface area contributed by atoms with Crippen LogP contribution in [-0.4, -0.2) is 60.1 Å². The first-order valence-corrected chi connectivity index (χ1v) is 17.1. The van der Waals surface area contributed by atoms with Gasteiger partial charge in [-0.1, -0.05) is 62.8 Å². The van der Waals surface area contributed by atoms with Gasteiger partial charge >= 0.3 is 6.09 Å². The zero-order valence-electron chi connectivity index (χ0n) is 28.0. The summed E-state index contributed by atoms with van der Waals surface area (Å²) in [6.07, 6.45) is 7.94. The molecule has 0 aliphatic carbocycles. The van der Waals surface area contributed by atoms with Gasteiger partial charge in [-0.15, -0.1) is 0 Å². The van der Waals surface area contributed by atoms with Gasteiger partial charge in [0.1, 0.15) is 23.4 Å². The molecule has 2 unspecified atom stereocenters. The molecule has 0 radical (unpaired) electrons. The lowest BCUT2D eigenvalue weighted by molar-refractivity contribution is -0.141. The fourth-order valence-corrected chi connectivity index (χ4v) is 5.51. The van der Waals surface area contributed by atoms with Gasteiger partial charge in [-0.25, -0.2) is 4.79 Å². The van der Waals surface area contributed by atoms with Crippen molar-refractivity contribution in [2.24, 2.45) is 0 Å². The molecule has 0 spiro atoms. The maximum absolute atomic E-state index is 14.5. The number of carbonyl (C=O) groups is 3. The van der Waals surface area contributed by atoms with E-state index in [1.165, 1.54) is 6.42 Å². The zero-order chi connectivity index (χ0) is 32.7. The minimum absolute atomic E-state index is 0.298. The SMILES string of the molecule is CCCCCCCCN(C(=O)C(CCSC)NC(=O)OC(C)(C)C)C(C(=O)Nc1ccc(OC)cc1)c1ccc(C)cc1C. The summed E-state index contributed by atoms with van der Waals surface area (Å²) < 4.78 is 10.8. The molecule has 0 saturated heterocycles. The Morgan fingerprint density at radius 3 is 2.20 bits per heavy atom. The summed E-state index contributed by atoms with van der Waals surface area (Å²) in [5.74, 6) is 0.720. The number of unbranched alkanes of at least 4 members (excludes halogenated alkanes) is 5. The number of nitrogens with one attached hydrogen (secondary N) is 2. The summed E-state index contributed by atoms with van der Waals surface area (Å²) >= 11 is 1.60. The van der Waals surface area contributed by atoms with Crippen LogP contribution in [0.4, 0.5) is 10.5 Å². The molecule has 0 saturated carbocycles. The fraction of sp³-hybridized carbons (Fsp3) is 0.571. The molecule has 0 bridgehead atoms. The van der Waals surface area contributed by atoms with Gasteiger partial charge in [0.05, 0.1) is 7.11 Å². The predicted molar refractivity (Wildman–Crippen MR) is 182 cm³/mol. The van der Waals surface area contributed by atoms with E-state index in [4.69, 9.17) is 9.47 Å². The van der Waals surface area contributed by atoms with E-state index in [1.807, 2.05) is 38.3 Å². The molecular weight excluding hydrogens is 574 g/mol. The number of benzene rings is 2. The van der Waals surface area contributed by atoms with Crippen molar-refractivity contribution in [1.82, 2.24) is 10.2 Å². The quantitative estimate of drug-likeness (QED) is 0.174. The van der Waals surface area contributed by atoms with Crippen molar-refractivity contribution in [2.75, 3.05) is 31.0 Å². The molecule has 0 aliphatic heterocycles. The Morgan fingerprint density at radius 1 is 0.955 bits per heavy atom. The monoisotopic (exact) mass is 627 g/mol. The van der Waals surface area contributed by atoms with Crippen LogP contribution in [0, 0.1) is 13.8 Å². The highest BCUT2D eigenvalue weighted by molar-refractivity contribution is 7.98. The van der Waals surface area contributed by atoms with Crippen LogP contribution in [0.3, 0.4) is 0 Å². The molecule has 2 rings (SSSR count). The van der Waals surface area contributed by atoms with Gasteiger partial charge in [-0.3, -0.25) is 9.59 Å². The van der Waals surface area contributed by atoms with Gasteiger partial charge in [0.2, 0.25) is 5.91 Å². The number of amides is 3. The van der Waals surface area contributed by atoms with Gasteiger partial charge < -0.3 is 25.0 Å². The molecule has 2 aromatic rings. The van der Waals surface area contributed by atoms with E-state index in [0.29, 0.717) is 30.2 Å². The summed E-state index contributed by atoms with van der Waals surface area (Å²) in [6.45, 7) is 11.9. The normalized spacial score (nSPS) is 12.6. The molecule has 8 nitrogen and oxygen atoms in total. The third-order valence-electron chi connectivity index (χ3n) is 7.27. The van der Waals surface area contributed by atoms with Crippen LogP contribution in [0.25, 0.3) is 0 Å². The molecule has 2 aromatic carbocycles. The smallest absolute Gasteiger partial charge is 0.408 e. The highest BCUT2D eigenvalue weighted by atomic mass is 32.2. The van der Waals surface area contributed by atoms with Crippen LogP contribution in [0.1, 0.15) is 95.4 Å². The van der Waals surface area contributed by atoms with Crippen LogP contribution in [0.5, 0.6) is 5.75 Å². The molecule has 44 heavy (non-hydrogen) atoms. The standard InChI is InChI=1S/C35H53N3O5S/c1-9-10-11-12-13-14-22-38(33(40)30(21-23-44-8)37-34(41)43-35(4,5)6)31(29-20-15-25(2)24-26(29)3)32(39)36-27-16-18-28(42-7)19-17-27/h15-20,24,30-31H,9-14,21-23H2,1-8H3,(H,36,39)(H,37,41). The van der Waals surface area contributed by atoms with E-state index < -0.39 is 23.8 Å². The molecule has 0 aromatic heterocycles. The summed E-state index contributed by atoms with van der Waals surface area (Å²) in [7, 11) is 1.59. The average molecular weight is 628 g/mol. The number of anilines is 1. The van der Waals surface area contributed by atoms with Crippen molar-refractivity contribution in [3.8, 4) is 5.75 Å². The Hall–Kier alpha value is -3.20. The van der Waals surface area contributed by atoms with Crippen LogP contribution in [0.2, 0.25) is 0 Å². The number of ether oxygens (including phenoxy) is 2. The van der Waals surface area contributed by atoms with E-state index in [1.54, 1.807) is 68.8 Å². The van der Waals surface area contributed by atoms with Crippen LogP contribution in [-0.2, 0) is 14.3 Å². The first-order valence-electron chi connectivity index (χ1n) is 15.7. The fourth-order valence-electron chi connectivity index (χ4n) is 5.04. The van der Waals surface area contributed by atoms with Crippen molar-refractivity contribution in [2.45, 2.75) is 104 Å². The largest absolute Gasteiger partial charge is 0.497 e. The zero-order valence-corrected chi connectivity index (χ0v) is 28.8. The van der Waals surface area contributed by atoms with Crippen molar-refractivity contribution >= 4 is 35.4 Å². The molecule has 3 amide bonds. The van der Waals surface area contributed by atoms with Gasteiger partial charge in [-0.2, -0.15) is 11.8 Å². The number of thioether (sulfide) groups is 1. The van der Waals surface area contributed by atoms with Gasteiger partial charge in [-0.05, 0) is 94.9 Å². The number of aryl methyl sites for hydroxylation is 2. The summed E-state index contributed by atoms with van der Waals surface area (Å²) in [5.41, 5.74) is 2.63. The second-order valence-electron chi connectivity index (χ2n) is 12.3. The highest BCUT2D eigenvalue weighted by Gasteiger charge is 2.36. The summed E-state index contributed by atoms with van der Waals surface area (Å²) in [6, 6.07) is 11.3. The van der Waals surface area contributed by atoms with Crippen LogP contribution in [0.15, 0.2) is 42.5 Å². The topological polar surface area (TPSA) is 97.0 Å². The first kappa shape index (κ1) is 37.0. The van der Waals surface area contributed by atoms with Crippen molar-refractivity contribution in [3.05, 3.63) is 59.2 Å². The lowest BCUT2D eigenvalue weighted by Crippen LogP contribution is -2.53. The van der Waals surface area contributed by atoms with Gasteiger partial charge in [0, 0.05) is 12.2 Å². The van der Waals surface area contributed by atoms with E-state index in [2.05, 4.69) is 17.6 Å². The Balaban J connectivity index is 2.54. The molecule has 9 heteroatoms. The second-order valence-corrected chi connectivity index (χ2v) is 13.2. The highest BCUT2D eigenvalue weighted by Crippen LogP contribution is 2.29. The van der Waals surface area contributed by atoms with Crippen molar-refractivity contribution in [3.63, 3.8) is 0 Å². The van der Waals surface area contributed by atoms with Crippen molar-refractivity contribution in [1.29, 1.82) is 0 Å². The van der Waals surface area contributed by atoms with E-state index in [9.17, 15) is 14.4 Å². The van der Waals surface area contributed by atoms with Crippen LogP contribution >= 0.6 is 11.8 Å².